The summed E-state index contributed by atoms with van der Waals surface area (Å²) in [5.41, 5.74) is 1.54. The van der Waals surface area contributed by atoms with E-state index in [-0.39, 0.29) is 18.6 Å². The summed E-state index contributed by atoms with van der Waals surface area (Å²) in [7, 11) is 0. The van der Waals surface area contributed by atoms with Gasteiger partial charge in [0.05, 0.1) is 5.71 Å². The Morgan fingerprint density at radius 1 is 0.885 bits per heavy atom. The first-order valence-corrected chi connectivity index (χ1v) is 8.65. The minimum atomic E-state index is -1.69. The monoisotopic (exact) mass is 343 g/mol. The van der Waals surface area contributed by atoms with Crippen LogP contribution < -0.4 is 0 Å². The topological polar surface area (TPSA) is 29.4 Å². The maximum atomic E-state index is 16.0. The molecule has 1 unspecified atom stereocenters. The lowest BCUT2D eigenvalue weighted by Crippen LogP contribution is -2.34. The number of hydrogen-bond donors (Lipinski definition) is 0. The van der Waals surface area contributed by atoms with Gasteiger partial charge in [0, 0.05) is 24.0 Å². The molecule has 2 nitrogen and oxygen atoms in total. The van der Waals surface area contributed by atoms with E-state index in [0.29, 0.717) is 5.56 Å². The van der Waals surface area contributed by atoms with Gasteiger partial charge in [0.25, 0.3) is 5.91 Å². The first-order chi connectivity index (χ1) is 12.7. The van der Waals surface area contributed by atoms with Crippen molar-refractivity contribution in [1.29, 1.82) is 0 Å². The third kappa shape index (κ3) is 3.08. The smallest absolute Gasteiger partial charge is 0.267 e. The molecule has 0 heterocycles. The summed E-state index contributed by atoms with van der Waals surface area (Å²) in [6.07, 6.45) is 0.433. The molecule has 0 saturated carbocycles. The van der Waals surface area contributed by atoms with Crippen LogP contribution in [0.15, 0.2) is 89.9 Å². The van der Waals surface area contributed by atoms with Crippen LogP contribution in [0.4, 0.5) is 4.39 Å². The minimum absolute atomic E-state index is 0.198. The van der Waals surface area contributed by atoms with Crippen molar-refractivity contribution in [3.8, 4) is 0 Å². The van der Waals surface area contributed by atoms with E-state index in [0.717, 1.165) is 16.7 Å². The molecule has 0 spiro atoms. The standard InChI is InChI=1S/C23H18FNO/c24-23(15-17-9-3-1-4-10-17)16-19-13-7-8-14-20(19)21(23)25-22(26)18-11-5-2-6-12-18/h1-14H,15-16H2/b25-21-. The SMILES string of the molecule is O=C(/N=C1/c2ccccc2CC1(F)Cc1ccccc1)c1ccccc1. The van der Waals surface area contributed by atoms with Gasteiger partial charge in [-0.05, 0) is 23.3 Å². The van der Waals surface area contributed by atoms with Gasteiger partial charge in [-0.2, -0.15) is 0 Å². The Bertz CT molecular complexity index is 966. The summed E-state index contributed by atoms with van der Waals surface area (Å²) in [6, 6.07) is 25.8. The Morgan fingerprint density at radius 2 is 1.50 bits per heavy atom. The number of benzene rings is 3. The highest BCUT2D eigenvalue weighted by molar-refractivity contribution is 6.17. The number of carbonyl (C=O) groups excluding carboxylic acids is 1. The predicted molar refractivity (Wildman–Crippen MR) is 101 cm³/mol. The number of nitrogens with zero attached hydrogens (tertiary/aromatic N) is 1. The molecule has 1 amide bonds. The van der Waals surface area contributed by atoms with Gasteiger partial charge in [0.15, 0.2) is 5.67 Å². The number of fused-ring (bicyclic) bond motifs is 1. The van der Waals surface area contributed by atoms with E-state index < -0.39 is 11.6 Å². The van der Waals surface area contributed by atoms with Crippen molar-refractivity contribution in [2.24, 2.45) is 4.99 Å². The van der Waals surface area contributed by atoms with Crippen molar-refractivity contribution in [3.05, 3.63) is 107 Å². The second-order valence-electron chi connectivity index (χ2n) is 6.59. The molecule has 0 N–H and O–H groups in total. The van der Waals surface area contributed by atoms with Gasteiger partial charge in [-0.1, -0.05) is 72.8 Å². The molecule has 0 aromatic heterocycles. The molecule has 0 aliphatic heterocycles. The zero-order valence-corrected chi connectivity index (χ0v) is 14.2. The lowest BCUT2D eigenvalue weighted by Gasteiger charge is -2.21. The average Bonchev–Trinajstić information content (AvgIpc) is 2.94. The lowest BCUT2D eigenvalue weighted by atomic mass is 9.91. The van der Waals surface area contributed by atoms with Crippen molar-refractivity contribution >= 4 is 11.6 Å². The van der Waals surface area contributed by atoms with Crippen molar-refractivity contribution in [1.82, 2.24) is 0 Å². The highest BCUT2D eigenvalue weighted by atomic mass is 19.1. The van der Waals surface area contributed by atoms with Crippen LogP contribution >= 0.6 is 0 Å². The van der Waals surface area contributed by atoms with E-state index in [1.807, 2.05) is 60.7 Å². The van der Waals surface area contributed by atoms with E-state index in [2.05, 4.69) is 4.99 Å². The molecule has 3 aromatic rings. The van der Waals surface area contributed by atoms with E-state index in [1.54, 1.807) is 24.3 Å². The van der Waals surface area contributed by atoms with Crippen molar-refractivity contribution < 1.29 is 9.18 Å². The molecule has 0 radical (unpaired) electrons. The number of rotatable bonds is 3. The molecule has 26 heavy (non-hydrogen) atoms. The Hall–Kier alpha value is -3.07. The van der Waals surface area contributed by atoms with Gasteiger partial charge in [0.1, 0.15) is 0 Å². The van der Waals surface area contributed by atoms with Crippen molar-refractivity contribution in [3.63, 3.8) is 0 Å². The van der Waals surface area contributed by atoms with Gasteiger partial charge in [-0.25, -0.2) is 9.38 Å². The Labute approximate surface area is 152 Å². The van der Waals surface area contributed by atoms with Crippen molar-refractivity contribution in [2.45, 2.75) is 18.5 Å². The van der Waals surface area contributed by atoms with Gasteiger partial charge >= 0.3 is 0 Å². The first-order valence-electron chi connectivity index (χ1n) is 8.65. The average molecular weight is 343 g/mol. The van der Waals surface area contributed by atoms with Crippen LogP contribution in [-0.2, 0) is 12.8 Å². The summed E-state index contributed by atoms with van der Waals surface area (Å²) in [4.78, 5) is 16.8. The fraction of sp³-hybridized carbons (Fsp3) is 0.130. The summed E-state index contributed by atoms with van der Waals surface area (Å²) < 4.78 is 16.0. The van der Waals surface area contributed by atoms with E-state index in [9.17, 15) is 4.79 Å². The van der Waals surface area contributed by atoms with Crippen molar-refractivity contribution in [2.75, 3.05) is 0 Å². The molecule has 3 aromatic carbocycles. The largest absolute Gasteiger partial charge is 0.277 e. The number of aliphatic imine (C=N–C) groups is 1. The maximum absolute atomic E-state index is 16.0. The van der Waals surface area contributed by atoms with Crippen LogP contribution in [0, 0.1) is 0 Å². The number of alkyl halides is 1. The predicted octanol–water partition coefficient (Wildman–Crippen LogP) is 4.82. The lowest BCUT2D eigenvalue weighted by molar-refractivity contribution is 0.100. The van der Waals surface area contributed by atoms with E-state index in [4.69, 9.17) is 0 Å². The highest BCUT2D eigenvalue weighted by Crippen LogP contribution is 2.36. The van der Waals surface area contributed by atoms with Gasteiger partial charge in [-0.3, -0.25) is 4.79 Å². The molecular weight excluding hydrogens is 325 g/mol. The zero-order valence-electron chi connectivity index (χ0n) is 14.2. The number of amides is 1. The molecule has 0 saturated heterocycles. The quantitative estimate of drug-likeness (QED) is 0.670. The van der Waals surface area contributed by atoms with Gasteiger partial charge < -0.3 is 0 Å². The van der Waals surface area contributed by atoms with Crippen LogP contribution in [0.3, 0.4) is 0 Å². The first kappa shape index (κ1) is 16.4. The maximum Gasteiger partial charge on any atom is 0.277 e. The van der Waals surface area contributed by atoms with Crippen LogP contribution in [0.1, 0.15) is 27.0 Å². The van der Waals surface area contributed by atoms with E-state index in [1.165, 1.54) is 0 Å². The summed E-state index contributed by atoms with van der Waals surface area (Å²) in [5.74, 6) is -0.410. The molecule has 0 bridgehead atoms. The molecule has 1 atom stereocenters. The Morgan fingerprint density at radius 3 is 2.23 bits per heavy atom. The third-order valence-electron chi connectivity index (χ3n) is 4.73. The molecular formula is C23H18FNO. The van der Waals surface area contributed by atoms with Crippen LogP contribution in [0.25, 0.3) is 0 Å². The normalized spacial score (nSPS) is 20.1. The third-order valence-corrected chi connectivity index (χ3v) is 4.73. The summed E-state index contributed by atoms with van der Waals surface area (Å²) >= 11 is 0. The second kappa shape index (κ2) is 6.68. The highest BCUT2D eigenvalue weighted by Gasteiger charge is 2.44. The molecule has 4 rings (SSSR count). The Kier molecular flexibility index (Phi) is 4.21. The summed E-state index contributed by atoms with van der Waals surface area (Å²) in [6.45, 7) is 0. The van der Waals surface area contributed by atoms with Gasteiger partial charge in [-0.15, -0.1) is 0 Å². The molecule has 3 heteroatoms. The fourth-order valence-electron chi connectivity index (χ4n) is 3.51. The summed E-state index contributed by atoms with van der Waals surface area (Å²) in [5, 5.41) is 0. The Balaban J connectivity index is 1.76. The molecule has 0 fully saturated rings. The number of hydrogen-bond acceptors (Lipinski definition) is 1. The number of carbonyl (C=O) groups is 1. The minimum Gasteiger partial charge on any atom is -0.267 e. The fourth-order valence-corrected chi connectivity index (χ4v) is 3.51. The van der Waals surface area contributed by atoms with E-state index >= 15 is 4.39 Å². The molecule has 1 aliphatic rings. The number of halogens is 1. The van der Waals surface area contributed by atoms with Crippen LogP contribution in [0.5, 0.6) is 0 Å². The molecule has 128 valence electrons. The molecule has 1 aliphatic carbocycles. The van der Waals surface area contributed by atoms with Crippen LogP contribution in [-0.4, -0.2) is 17.3 Å². The second-order valence-corrected chi connectivity index (χ2v) is 6.59. The van der Waals surface area contributed by atoms with Crippen LogP contribution in [0.2, 0.25) is 0 Å². The zero-order chi connectivity index (χ0) is 18.0. The van der Waals surface area contributed by atoms with Gasteiger partial charge in [0.2, 0.25) is 0 Å².